The molecule has 154 valence electrons. The minimum atomic E-state index is -0.762. The van der Waals surface area contributed by atoms with Gasteiger partial charge in [0.05, 0.1) is 11.1 Å². The van der Waals surface area contributed by atoms with E-state index in [0.717, 1.165) is 40.6 Å². The van der Waals surface area contributed by atoms with Crippen molar-refractivity contribution in [1.82, 2.24) is 15.8 Å². The Balaban J connectivity index is 1.45. The highest BCUT2D eigenvalue weighted by Gasteiger charge is 2.27. The Morgan fingerprint density at radius 3 is 2.60 bits per heavy atom. The molecule has 1 aliphatic rings. The summed E-state index contributed by atoms with van der Waals surface area (Å²) in [5, 5.41) is 0.758. The number of benzene rings is 2. The summed E-state index contributed by atoms with van der Waals surface area (Å²) in [6.45, 7) is 5.58. The molecule has 6 nitrogen and oxygen atoms in total. The van der Waals surface area contributed by atoms with E-state index < -0.39 is 12.0 Å². The molecule has 0 spiro atoms. The lowest BCUT2D eigenvalue weighted by Gasteiger charge is -2.17. The van der Waals surface area contributed by atoms with E-state index in [2.05, 4.69) is 15.8 Å². The first-order valence-corrected chi connectivity index (χ1v) is 10.2. The number of ether oxygens (including phenoxy) is 1. The zero-order valence-electron chi connectivity index (χ0n) is 17.4. The number of aryl methyl sites for hydroxylation is 1. The number of carbonyl (C=O) groups excluding carboxylic acids is 2. The van der Waals surface area contributed by atoms with Gasteiger partial charge in [0.15, 0.2) is 6.10 Å². The summed E-state index contributed by atoms with van der Waals surface area (Å²) >= 11 is 0. The van der Waals surface area contributed by atoms with E-state index in [9.17, 15) is 9.59 Å². The van der Waals surface area contributed by atoms with Gasteiger partial charge in [-0.25, -0.2) is 0 Å². The van der Waals surface area contributed by atoms with E-state index in [-0.39, 0.29) is 5.91 Å². The lowest BCUT2D eigenvalue weighted by Crippen LogP contribution is -2.47. The van der Waals surface area contributed by atoms with Crippen molar-refractivity contribution in [3.8, 4) is 5.75 Å². The molecule has 0 aliphatic heterocycles. The first-order chi connectivity index (χ1) is 14.4. The van der Waals surface area contributed by atoms with Crippen LogP contribution in [0.1, 0.15) is 52.9 Å². The molecule has 4 rings (SSSR count). The summed E-state index contributed by atoms with van der Waals surface area (Å²) in [5.74, 6) is 0.271. The van der Waals surface area contributed by atoms with Crippen molar-refractivity contribution in [2.45, 2.75) is 45.6 Å². The summed E-state index contributed by atoms with van der Waals surface area (Å²) in [4.78, 5) is 30.0. The van der Waals surface area contributed by atoms with Crippen LogP contribution in [-0.4, -0.2) is 22.9 Å². The topological polar surface area (TPSA) is 80.3 Å². The average Bonchev–Trinajstić information content (AvgIpc) is 3.59. The Hall–Kier alpha value is -3.41. The second-order valence-corrected chi connectivity index (χ2v) is 7.79. The van der Waals surface area contributed by atoms with Crippen LogP contribution in [0, 0.1) is 13.8 Å². The number of nitrogens with zero attached hydrogens (tertiary/aromatic N) is 1. The molecule has 30 heavy (non-hydrogen) atoms. The number of nitrogens with one attached hydrogen (secondary N) is 2. The van der Waals surface area contributed by atoms with E-state index in [1.54, 1.807) is 6.92 Å². The zero-order valence-corrected chi connectivity index (χ0v) is 17.4. The van der Waals surface area contributed by atoms with Gasteiger partial charge in [0, 0.05) is 17.0 Å². The maximum absolute atomic E-state index is 12.8. The number of fused-ring (bicyclic) bond motifs is 1. The number of para-hydroxylation sites is 1. The largest absolute Gasteiger partial charge is 0.481 e. The molecule has 1 heterocycles. The van der Waals surface area contributed by atoms with Crippen molar-refractivity contribution in [3.05, 3.63) is 70.9 Å². The van der Waals surface area contributed by atoms with Crippen molar-refractivity contribution in [3.63, 3.8) is 0 Å². The van der Waals surface area contributed by atoms with Gasteiger partial charge >= 0.3 is 0 Å². The number of amides is 2. The first-order valence-electron chi connectivity index (χ1n) is 10.2. The second kappa shape index (κ2) is 8.14. The van der Waals surface area contributed by atoms with Gasteiger partial charge in [0.25, 0.3) is 11.8 Å². The summed E-state index contributed by atoms with van der Waals surface area (Å²) in [6, 6.07) is 15.1. The Labute approximate surface area is 175 Å². The number of aromatic nitrogens is 1. The van der Waals surface area contributed by atoms with Crippen LogP contribution >= 0.6 is 0 Å². The molecule has 1 atom stereocenters. The molecule has 0 saturated heterocycles. The van der Waals surface area contributed by atoms with Gasteiger partial charge in [-0.15, -0.1) is 0 Å². The van der Waals surface area contributed by atoms with Gasteiger partial charge in [-0.1, -0.05) is 30.3 Å². The number of carbonyl (C=O) groups is 2. The summed E-state index contributed by atoms with van der Waals surface area (Å²) < 4.78 is 5.78. The number of pyridine rings is 1. The van der Waals surface area contributed by atoms with E-state index in [1.165, 1.54) is 0 Å². The molecule has 1 aliphatic carbocycles. The van der Waals surface area contributed by atoms with Gasteiger partial charge < -0.3 is 4.74 Å². The van der Waals surface area contributed by atoms with Crippen molar-refractivity contribution < 1.29 is 14.3 Å². The third-order valence-corrected chi connectivity index (χ3v) is 5.50. The normalized spacial score (nSPS) is 14.2. The van der Waals surface area contributed by atoms with Gasteiger partial charge in [0.1, 0.15) is 5.75 Å². The number of hydrazine groups is 1. The predicted molar refractivity (Wildman–Crippen MR) is 115 cm³/mol. The maximum Gasteiger partial charge on any atom is 0.279 e. The highest BCUT2D eigenvalue weighted by Crippen LogP contribution is 2.40. The predicted octanol–water partition coefficient (Wildman–Crippen LogP) is 3.96. The number of rotatable bonds is 5. The number of hydrogen-bond acceptors (Lipinski definition) is 4. The summed E-state index contributed by atoms with van der Waals surface area (Å²) in [7, 11) is 0. The molecule has 0 bridgehead atoms. The molecule has 3 aromatic rings. The van der Waals surface area contributed by atoms with Gasteiger partial charge in [-0.3, -0.25) is 25.4 Å². The maximum atomic E-state index is 12.8. The molecular formula is C24H25N3O3. The smallest absolute Gasteiger partial charge is 0.279 e. The fourth-order valence-corrected chi connectivity index (χ4v) is 3.36. The Morgan fingerprint density at radius 1 is 1.07 bits per heavy atom. The van der Waals surface area contributed by atoms with Crippen LogP contribution in [0.5, 0.6) is 5.75 Å². The Morgan fingerprint density at radius 2 is 1.83 bits per heavy atom. The van der Waals surface area contributed by atoms with Crippen LogP contribution in [0.3, 0.4) is 0 Å². The molecule has 6 heteroatoms. The van der Waals surface area contributed by atoms with E-state index in [0.29, 0.717) is 17.2 Å². The second-order valence-electron chi connectivity index (χ2n) is 7.79. The zero-order chi connectivity index (χ0) is 21.3. The lowest BCUT2D eigenvalue weighted by molar-refractivity contribution is -0.128. The first kappa shape index (κ1) is 19.9. The van der Waals surface area contributed by atoms with E-state index in [4.69, 9.17) is 4.74 Å². The third kappa shape index (κ3) is 4.13. The van der Waals surface area contributed by atoms with Crippen LogP contribution in [-0.2, 0) is 4.79 Å². The van der Waals surface area contributed by atoms with Crippen molar-refractivity contribution >= 4 is 22.7 Å². The molecule has 0 unspecified atom stereocenters. The summed E-state index contributed by atoms with van der Waals surface area (Å²) in [6.07, 6.45) is 1.43. The molecule has 2 amide bonds. The molecular weight excluding hydrogens is 378 g/mol. The lowest BCUT2D eigenvalue weighted by atomic mass is 10.1. The average molecular weight is 403 g/mol. The molecule has 2 aromatic carbocycles. The molecule has 0 radical (unpaired) electrons. The minimum Gasteiger partial charge on any atom is -0.481 e. The Bertz CT molecular complexity index is 1120. The molecule has 2 N–H and O–H groups in total. The number of hydrogen-bond donors (Lipinski definition) is 2. The fourth-order valence-electron chi connectivity index (χ4n) is 3.36. The molecule has 1 saturated carbocycles. The van der Waals surface area contributed by atoms with E-state index in [1.807, 2.05) is 62.4 Å². The molecule has 1 fully saturated rings. The monoisotopic (exact) mass is 403 g/mol. The van der Waals surface area contributed by atoms with Gasteiger partial charge in [-0.2, -0.15) is 0 Å². The van der Waals surface area contributed by atoms with Gasteiger partial charge in [-0.05, 0) is 62.9 Å². The van der Waals surface area contributed by atoms with Crippen LogP contribution in [0.25, 0.3) is 10.9 Å². The standard InChI is InChI=1S/C24H25N3O3/c1-14-7-6-10-22(15(14)2)30-16(3)23(28)26-27-24(29)19-13-21(17-11-12-17)25-20-9-5-4-8-18(19)20/h4-10,13,16-17H,11-12H2,1-3H3,(H,26,28)(H,27,29)/t16-/m0/s1. The quantitative estimate of drug-likeness (QED) is 0.632. The van der Waals surface area contributed by atoms with Crippen molar-refractivity contribution in [2.75, 3.05) is 0 Å². The fraction of sp³-hybridized carbons (Fsp3) is 0.292. The van der Waals surface area contributed by atoms with Crippen LogP contribution in [0.15, 0.2) is 48.5 Å². The molecule has 1 aromatic heterocycles. The van der Waals surface area contributed by atoms with Crippen LogP contribution < -0.4 is 15.6 Å². The van der Waals surface area contributed by atoms with E-state index >= 15 is 0 Å². The van der Waals surface area contributed by atoms with Gasteiger partial charge in [0.2, 0.25) is 0 Å². The Kier molecular flexibility index (Phi) is 5.40. The van der Waals surface area contributed by atoms with Crippen LogP contribution in [0.2, 0.25) is 0 Å². The summed E-state index contributed by atoms with van der Waals surface area (Å²) in [5.41, 5.74) is 9.29. The SMILES string of the molecule is Cc1cccc(O[C@@H](C)C(=O)NNC(=O)c2cc(C3CC3)nc3ccccc23)c1C. The van der Waals surface area contributed by atoms with Crippen molar-refractivity contribution in [2.24, 2.45) is 0 Å². The third-order valence-electron chi connectivity index (χ3n) is 5.50. The minimum absolute atomic E-state index is 0.372. The highest BCUT2D eigenvalue weighted by molar-refractivity contribution is 6.06. The van der Waals surface area contributed by atoms with Crippen LogP contribution in [0.4, 0.5) is 0 Å². The van der Waals surface area contributed by atoms with Crippen molar-refractivity contribution in [1.29, 1.82) is 0 Å². The highest BCUT2D eigenvalue weighted by atomic mass is 16.5.